The zero-order valence-electron chi connectivity index (χ0n) is 15.4. The van der Waals surface area contributed by atoms with E-state index in [4.69, 9.17) is 27.9 Å². The quantitative estimate of drug-likeness (QED) is 0.434. The third-order valence-corrected chi connectivity index (χ3v) is 5.38. The smallest absolute Gasteiger partial charge is 0.295 e. The van der Waals surface area contributed by atoms with Crippen molar-refractivity contribution in [3.8, 4) is 5.75 Å². The highest BCUT2D eigenvalue weighted by Crippen LogP contribution is 2.40. The molecule has 1 amide bonds. The first-order valence-corrected chi connectivity index (χ1v) is 9.55. The molecule has 1 fully saturated rings. The molecule has 0 radical (unpaired) electrons. The summed E-state index contributed by atoms with van der Waals surface area (Å²) in [5.41, 5.74) is 1.13. The molecule has 2 aromatic rings. The van der Waals surface area contributed by atoms with Crippen LogP contribution in [0.5, 0.6) is 5.75 Å². The van der Waals surface area contributed by atoms with Gasteiger partial charge in [-0.05, 0) is 31.5 Å². The van der Waals surface area contributed by atoms with E-state index in [0.717, 1.165) is 5.56 Å². The number of benzene rings is 2. The van der Waals surface area contributed by atoms with Gasteiger partial charge in [-0.3, -0.25) is 9.59 Å². The largest absolute Gasteiger partial charge is 0.507 e. The SMILES string of the molecule is CCN1C(=O)C(=O)/C(=C(\O)c2ccc(Cl)c(OCc3ccccc3)c2Cl)[C@H]1C. The van der Waals surface area contributed by atoms with Gasteiger partial charge < -0.3 is 14.7 Å². The maximum atomic E-state index is 12.4. The van der Waals surface area contributed by atoms with Crippen LogP contribution in [-0.4, -0.2) is 34.3 Å². The lowest BCUT2D eigenvalue weighted by Crippen LogP contribution is -2.32. The second-order valence-electron chi connectivity index (χ2n) is 6.37. The molecular formula is C21H19Cl2NO4. The Morgan fingerprint density at radius 1 is 1.14 bits per heavy atom. The summed E-state index contributed by atoms with van der Waals surface area (Å²) in [6, 6.07) is 11.9. The van der Waals surface area contributed by atoms with E-state index in [0.29, 0.717) is 6.54 Å². The predicted molar refractivity (Wildman–Crippen MR) is 109 cm³/mol. The minimum atomic E-state index is -0.732. The summed E-state index contributed by atoms with van der Waals surface area (Å²) in [6.07, 6.45) is 0. The highest BCUT2D eigenvalue weighted by atomic mass is 35.5. The standard InChI is InChI=1S/C21H19Cl2NO4/c1-3-24-12(2)16(19(26)21(24)27)18(25)14-9-10-15(22)20(17(14)23)28-11-13-7-5-4-6-8-13/h4-10,12,25H,3,11H2,1-2H3/b18-16-/t12-/m1/s1. The monoisotopic (exact) mass is 419 g/mol. The van der Waals surface area contributed by atoms with Crippen LogP contribution in [0.3, 0.4) is 0 Å². The summed E-state index contributed by atoms with van der Waals surface area (Å²) in [6.45, 7) is 4.06. The van der Waals surface area contributed by atoms with E-state index in [2.05, 4.69) is 0 Å². The van der Waals surface area contributed by atoms with Crippen LogP contribution < -0.4 is 4.74 Å². The fraction of sp³-hybridized carbons (Fsp3) is 0.238. The number of hydrogen-bond donors (Lipinski definition) is 1. The van der Waals surface area contributed by atoms with Crippen molar-refractivity contribution in [2.45, 2.75) is 26.5 Å². The van der Waals surface area contributed by atoms with E-state index in [1.54, 1.807) is 13.8 Å². The molecule has 1 saturated heterocycles. The summed E-state index contributed by atoms with van der Waals surface area (Å²) in [4.78, 5) is 25.9. The van der Waals surface area contributed by atoms with Gasteiger partial charge >= 0.3 is 0 Å². The molecule has 146 valence electrons. The van der Waals surface area contributed by atoms with Crippen LogP contribution in [0.15, 0.2) is 48.0 Å². The Morgan fingerprint density at radius 2 is 1.82 bits per heavy atom. The number of Topliss-reactive ketones (excluding diaryl/α,β-unsaturated/α-hetero) is 1. The molecule has 0 unspecified atom stereocenters. The van der Waals surface area contributed by atoms with Gasteiger partial charge in [-0.15, -0.1) is 0 Å². The maximum absolute atomic E-state index is 12.4. The molecule has 0 spiro atoms. The fourth-order valence-electron chi connectivity index (χ4n) is 3.21. The van der Waals surface area contributed by atoms with Crippen molar-refractivity contribution in [3.05, 3.63) is 69.2 Å². The van der Waals surface area contributed by atoms with Crippen LogP contribution in [0.1, 0.15) is 25.0 Å². The van der Waals surface area contributed by atoms with Gasteiger partial charge in [0.25, 0.3) is 11.7 Å². The Labute approximate surface area is 173 Å². The van der Waals surface area contributed by atoms with Crippen LogP contribution >= 0.6 is 23.2 Å². The number of nitrogens with zero attached hydrogens (tertiary/aromatic N) is 1. The molecule has 0 aromatic heterocycles. The minimum absolute atomic E-state index is 0.0186. The lowest BCUT2D eigenvalue weighted by atomic mass is 10.0. The predicted octanol–water partition coefficient (Wildman–Crippen LogP) is 4.66. The van der Waals surface area contributed by atoms with Gasteiger partial charge in [-0.1, -0.05) is 53.5 Å². The van der Waals surface area contributed by atoms with Crippen LogP contribution in [0.4, 0.5) is 0 Å². The molecule has 1 heterocycles. The average molecular weight is 420 g/mol. The normalized spacial score (nSPS) is 18.6. The second kappa shape index (κ2) is 8.25. The van der Waals surface area contributed by atoms with Gasteiger partial charge in [0.2, 0.25) is 0 Å². The Kier molecular flexibility index (Phi) is 5.96. The number of aliphatic hydroxyl groups is 1. The molecule has 1 N–H and O–H groups in total. The van der Waals surface area contributed by atoms with Crippen LogP contribution in [-0.2, 0) is 16.2 Å². The average Bonchev–Trinajstić information content (AvgIpc) is 2.90. The summed E-state index contributed by atoms with van der Waals surface area (Å²) in [7, 11) is 0. The van der Waals surface area contributed by atoms with E-state index in [1.807, 2.05) is 30.3 Å². The van der Waals surface area contributed by atoms with E-state index in [-0.39, 0.29) is 39.3 Å². The molecule has 5 nitrogen and oxygen atoms in total. The maximum Gasteiger partial charge on any atom is 0.295 e. The fourth-order valence-corrected chi connectivity index (χ4v) is 3.78. The van der Waals surface area contributed by atoms with Crippen LogP contribution in [0.2, 0.25) is 10.0 Å². The van der Waals surface area contributed by atoms with Crippen molar-refractivity contribution in [2.75, 3.05) is 6.54 Å². The summed E-state index contributed by atoms with van der Waals surface area (Å²) < 4.78 is 5.76. The van der Waals surface area contributed by atoms with Crippen molar-refractivity contribution in [1.29, 1.82) is 0 Å². The van der Waals surface area contributed by atoms with Crippen LogP contribution in [0, 0.1) is 0 Å². The van der Waals surface area contributed by atoms with Gasteiger partial charge in [0.15, 0.2) is 5.75 Å². The lowest BCUT2D eigenvalue weighted by molar-refractivity contribution is -0.139. The number of aliphatic hydroxyl groups excluding tert-OH is 1. The van der Waals surface area contributed by atoms with Gasteiger partial charge in [0, 0.05) is 12.1 Å². The van der Waals surface area contributed by atoms with Gasteiger partial charge in [-0.25, -0.2) is 0 Å². The summed E-state index contributed by atoms with van der Waals surface area (Å²) in [5.74, 6) is -1.51. The molecule has 28 heavy (non-hydrogen) atoms. The molecule has 1 aliphatic rings. The number of rotatable bonds is 5. The van der Waals surface area contributed by atoms with E-state index < -0.39 is 17.7 Å². The molecule has 7 heteroatoms. The summed E-state index contributed by atoms with van der Waals surface area (Å²) >= 11 is 12.7. The van der Waals surface area contributed by atoms with Gasteiger partial charge in [-0.2, -0.15) is 0 Å². The Hall–Kier alpha value is -2.50. The van der Waals surface area contributed by atoms with E-state index in [9.17, 15) is 14.7 Å². The molecule has 3 rings (SSSR count). The first kappa shape index (κ1) is 20.2. The molecule has 1 atom stereocenters. The minimum Gasteiger partial charge on any atom is -0.507 e. The van der Waals surface area contributed by atoms with Crippen molar-refractivity contribution in [2.24, 2.45) is 0 Å². The zero-order chi connectivity index (χ0) is 20.4. The Morgan fingerprint density at radius 3 is 2.43 bits per heavy atom. The molecule has 0 saturated carbocycles. The first-order chi connectivity index (χ1) is 13.4. The second-order valence-corrected chi connectivity index (χ2v) is 7.16. The van der Waals surface area contributed by atoms with E-state index in [1.165, 1.54) is 17.0 Å². The highest BCUT2D eigenvalue weighted by Gasteiger charge is 2.42. The first-order valence-electron chi connectivity index (χ1n) is 8.80. The third-order valence-electron chi connectivity index (χ3n) is 4.71. The highest BCUT2D eigenvalue weighted by molar-refractivity contribution is 6.47. The topological polar surface area (TPSA) is 66.8 Å². The number of ketones is 1. The lowest BCUT2D eigenvalue weighted by Gasteiger charge is -2.19. The van der Waals surface area contributed by atoms with Crippen molar-refractivity contribution in [3.63, 3.8) is 0 Å². The number of ether oxygens (including phenoxy) is 1. The number of carbonyl (C=O) groups excluding carboxylic acids is 2. The van der Waals surface area contributed by atoms with Gasteiger partial charge in [0.05, 0.1) is 21.7 Å². The number of carbonyl (C=O) groups is 2. The molecule has 1 aliphatic heterocycles. The summed E-state index contributed by atoms with van der Waals surface area (Å²) in [5, 5.41) is 11.1. The van der Waals surface area contributed by atoms with Crippen molar-refractivity contribution < 1.29 is 19.4 Å². The number of amides is 1. The Bertz CT molecular complexity index is 956. The Balaban J connectivity index is 1.99. The number of likely N-dealkylation sites (N-methyl/N-ethyl adjacent to an activating group) is 1. The van der Waals surface area contributed by atoms with E-state index >= 15 is 0 Å². The zero-order valence-corrected chi connectivity index (χ0v) is 16.9. The van der Waals surface area contributed by atoms with Crippen molar-refractivity contribution in [1.82, 2.24) is 4.90 Å². The van der Waals surface area contributed by atoms with Gasteiger partial charge in [0.1, 0.15) is 12.4 Å². The molecule has 0 aliphatic carbocycles. The van der Waals surface area contributed by atoms with Crippen molar-refractivity contribution >= 4 is 40.7 Å². The third kappa shape index (κ3) is 3.60. The van der Waals surface area contributed by atoms with Crippen LogP contribution in [0.25, 0.3) is 5.76 Å². The number of hydrogen-bond acceptors (Lipinski definition) is 4. The molecule has 2 aromatic carbocycles. The number of halogens is 2. The molecular weight excluding hydrogens is 401 g/mol. The molecule has 0 bridgehead atoms. The number of likely N-dealkylation sites (tertiary alicyclic amines) is 1.